The van der Waals surface area contributed by atoms with Crippen molar-refractivity contribution >= 4 is 17.5 Å². The molecule has 0 saturated carbocycles. The van der Waals surface area contributed by atoms with Gasteiger partial charge in [-0.15, -0.1) is 0 Å². The number of rotatable bonds is 1. The van der Waals surface area contributed by atoms with E-state index in [2.05, 4.69) is 10.4 Å². The molecule has 0 fully saturated rings. The van der Waals surface area contributed by atoms with E-state index in [1.165, 1.54) is 4.68 Å². The molecule has 2 rings (SSSR count). The van der Waals surface area contributed by atoms with Crippen molar-refractivity contribution < 1.29 is 4.79 Å². The number of amides is 1. The van der Waals surface area contributed by atoms with Crippen LogP contribution in [0.4, 0.5) is 16.3 Å². The number of nitrogen functional groups attached to an aromatic ring is 1. The van der Waals surface area contributed by atoms with Gasteiger partial charge in [0.05, 0.1) is 5.69 Å². The maximum atomic E-state index is 12.1. The first kappa shape index (κ1) is 13.1. The van der Waals surface area contributed by atoms with Gasteiger partial charge in [-0.25, -0.2) is 4.79 Å². The molecule has 1 amide bonds. The predicted molar refractivity (Wildman–Crippen MR) is 76.2 cm³/mol. The lowest BCUT2D eigenvalue weighted by molar-refractivity contribution is 0.251. The van der Waals surface area contributed by atoms with Crippen molar-refractivity contribution in [3.63, 3.8) is 0 Å². The monoisotopic (exact) mass is 258 g/mol. The van der Waals surface area contributed by atoms with Crippen LogP contribution in [0.15, 0.2) is 36.4 Å². The number of anilines is 2. The van der Waals surface area contributed by atoms with Crippen LogP contribution in [0, 0.1) is 0 Å². The quantitative estimate of drug-likeness (QED) is 0.826. The molecule has 1 aromatic heterocycles. The van der Waals surface area contributed by atoms with E-state index in [0.29, 0.717) is 11.5 Å². The number of carbonyl (C=O) groups is 1. The van der Waals surface area contributed by atoms with Gasteiger partial charge in [-0.3, -0.25) is 0 Å². The molecule has 5 nitrogen and oxygen atoms in total. The van der Waals surface area contributed by atoms with Gasteiger partial charge < -0.3 is 11.1 Å². The third-order valence-corrected chi connectivity index (χ3v) is 2.72. The van der Waals surface area contributed by atoms with Crippen LogP contribution in [0.1, 0.15) is 26.5 Å². The Labute approximate surface area is 112 Å². The van der Waals surface area contributed by atoms with Crippen LogP contribution in [0.5, 0.6) is 0 Å². The number of para-hydroxylation sites is 1. The summed E-state index contributed by atoms with van der Waals surface area (Å²) in [6.45, 7) is 6.07. The molecule has 0 aliphatic heterocycles. The summed E-state index contributed by atoms with van der Waals surface area (Å²) < 4.78 is 1.19. The summed E-state index contributed by atoms with van der Waals surface area (Å²) in [4.78, 5) is 12.1. The molecule has 5 heteroatoms. The van der Waals surface area contributed by atoms with E-state index < -0.39 is 0 Å². The molecule has 0 atom stereocenters. The predicted octanol–water partition coefficient (Wildman–Crippen LogP) is 2.84. The molecule has 2 aromatic rings. The number of nitrogens with one attached hydrogen (secondary N) is 1. The molecule has 0 unspecified atom stereocenters. The van der Waals surface area contributed by atoms with E-state index in [0.717, 1.165) is 5.69 Å². The maximum Gasteiger partial charge on any atom is 0.348 e. The van der Waals surface area contributed by atoms with E-state index >= 15 is 0 Å². The molecule has 0 bridgehead atoms. The molecule has 0 aliphatic rings. The normalized spacial score (nSPS) is 11.3. The smallest absolute Gasteiger partial charge is 0.348 e. The Hall–Kier alpha value is -2.30. The zero-order valence-corrected chi connectivity index (χ0v) is 11.3. The van der Waals surface area contributed by atoms with Gasteiger partial charge in [-0.2, -0.15) is 9.78 Å². The molecule has 0 aliphatic carbocycles. The Balaban J connectivity index is 2.23. The third kappa shape index (κ3) is 2.93. The van der Waals surface area contributed by atoms with Gasteiger partial charge in [0.25, 0.3) is 0 Å². The minimum absolute atomic E-state index is 0.146. The van der Waals surface area contributed by atoms with Gasteiger partial charge in [-0.1, -0.05) is 39.0 Å². The second-order valence-corrected chi connectivity index (χ2v) is 5.41. The van der Waals surface area contributed by atoms with Crippen LogP contribution in [-0.4, -0.2) is 15.8 Å². The van der Waals surface area contributed by atoms with Gasteiger partial charge in [0.1, 0.15) is 5.82 Å². The Bertz CT molecular complexity index is 581. The van der Waals surface area contributed by atoms with Crippen LogP contribution in [-0.2, 0) is 5.41 Å². The van der Waals surface area contributed by atoms with E-state index in [-0.39, 0.29) is 11.4 Å². The fraction of sp³-hybridized carbons (Fsp3) is 0.286. The number of hydrogen-bond acceptors (Lipinski definition) is 3. The zero-order valence-electron chi connectivity index (χ0n) is 11.3. The van der Waals surface area contributed by atoms with Gasteiger partial charge >= 0.3 is 6.03 Å². The van der Waals surface area contributed by atoms with E-state index in [9.17, 15) is 4.79 Å². The number of carbonyl (C=O) groups excluding carboxylic acids is 1. The van der Waals surface area contributed by atoms with Crippen LogP contribution in [0.3, 0.4) is 0 Å². The standard InChI is InChI=1S/C14H18N4O/c1-14(2,3)11-9-12(15)18(17-11)13(19)16-10-7-5-4-6-8-10/h4-9H,15H2,1-3H3,(H,16,19). The number of benzene rings is 1. The first-order valence-electron chi connectivity index (χ1n) is 6.10. The van der Waals surface area contributed by atoms with Gasteiger partial charge in [-0.05, 0) is 12.1 Å². The van der Waals surface area contributed by atoms with E-state index in [1.54, 1.807) is 6.07 Å². The Morgan fingerprint density at radius 3 is 2.42 bits per heavy atom. The lowest BCUT2D eigenvalue weighted by atomic mass is 9.92. The fourth-order valence-electron chi connectivity index (χ4n) is 1.62. The van der Waals surface area contributed by atoms with Crippen LogP contribution >= 0.6 is 0 Å². The van der Waals surface area contributed by atoms with Crippen molar-refractivity contribution in [1.29, 1.82) is 0 Å². The molecule has 19 heavy (non-hydrogen) atoms. The fourth-order valence-corrected chi connectivity index (χ4v) is 1.62. The molecule has 1 aromatic carbocycles. The lowest BCUT2D eigenvalue weighted by Crippen LogP contribution is -2.23. The highest BCUT2D eigenvalue weighted by Crippen LogP contribution is 2.22. The van der Waals surface area contributed by atoms with Crippen molar-refractivity contribution in [3.8, 4) is 0 Å². The number of nitrogens with zero attached hydrogens (tertiary/aromatic N) is 2. The van der Waals surface area contributed by atoms with Gasteiger partial charge in [0, 0.05) is 17.2 Å². The summed E-state index contributed by atoms with van der Waals surface area (Å²) in [6.07, 6.45) is 0. The second-order valence-electron chi connectivity index (χ2n) is 5.41. The zero-order chi connectivity index (χ0) is 14.0. The minimum Gasteiger partial charge on any atom is -0.383 e. The summed E-state index contributed by atoms with van der Waals surface area (Å²) in [5.74, 6) is 0.332. The van der Waals surface area contributed by atoms with Crippen molar-refractivity contribution in [2.75, 3.05) is 11.1 Å². The van der Waals surface area contributed by atoms with Gasteiger partial charge in [0.15, 0.2) is 0 Å². The average molecular weight is 258 g/mol. The van der Waals surface area contributed by atoms with Crippen molar-refractivity contribution in [2.24, 2.45) is 0 Å². The van der Waals surface area contributed by atoms with E-state index in [4.69, 9.17) is 5.73 Å². The molecule has 3 N–H and O–H groups in total. The maximum absolute atomic E-state index is 12.1. The molecule has 0 spiro atoms. The average Bonchev–Trinajstić information content (AvgIpc) is 2.72. The molecule has 1 heterocycles. The number of nitrogens with two attached hydrogens (primary N) is 1. The van der Waals surface area contributed by atoms with Crippen molar-refractivity contribution in [2.45, 2.75) is 26.2 Å². The van der Waals surface area contributed by atoms with Crippen LogP contribution in [0.2, 0.25) is 0 Å². The highest BCUT2D eigenvalue weighted by Gasteiger charge is 2.21. The first-order valence-corrected chi connectivity index (χ1v) is 6.10. The summed E-state index contributed by atoms with van der Waals surface area (Å²) >= 11 is 0. The van der Waals surface area contributed by atoms with E-state index in [1.807, 2.05) is 51.1 Å². The number of aromatic nitrogens is 2. The minimum atomic E-state index is -0.362. The lowest BCUT2D eigenvalue weighted by Gasteiger charge is -2.14. The van der Waals surface area contributed by atoms with Crippen molar-refractivity contribution in [1.82, 2.24) is 9.78 Å². The molecule has 0 radical (unpaired) electrons. The summed E-state index contributed by atoms with van der Waals surface area (Å²) in [7, 11) is 0. The van der Waals surface area contributed by atoms with Crippen LogP contribution < -0.4 is 11.1 Å². The Morgan fingerprint density at radius 2 is 1.89 bits per heavy atom. The third-order valence-electron chi connectivity index (χ3n) is 2.72. The summed E-state index contributed by atoms with van der Waals surface area (Å²) in [6, 6.07) is 10.6. The number of hydrogen-bond donors (Lipinski definition) is 2. The Morgan fingerprint density at radius 1 is 1.26 bits per heavy atom. The molecular formula is C14H18N4O. The summed E-state index contributed by atoms with van der Waals surface area (Å²) in [5.41, 5.74) is 7.18. The van der Waals surface area contributed by atoms with Gasteiger partial charge in [0.2, 0.25) is 0 Å². The highest BCUT2D eigenvalue weighted by atomic mass is 16.2. The largest absolute Gasteiger partial charge is 0.383 e. The topological polar surface area (TPSA) is 72.9 Å². The SMILES string of the molecule is CC(C)(C)c1cc(N)n(C(=O)Nc2ccccc2)n1. The molecular weight excluding hydrogens is 240 g/mol. The van der Waals surface area contributed by atoms with Crippen molar-refractivity contribution in [3.05, 3.63) is 42.1 Å². The second kappa shape index (κ2) is 4.76. The Kier molecular flexibility index (Phi) is 3.29. The molecule has 0 saturated heterocycles. The highest BCUT2D eigenvalue weighted by molar-refractivity contribution is 5.92. The van der Waals surface area contributed by atoms with Crippen LogP contribution in [0.25, 0.3) is 0 Å². The first-order chi connectivity index (χ1) is 8.88. The summed E-state index contributed by atoms with van der Waals surface area (Å²) in [5, 5.41) is 7.00. The molecule has 100 valence electrons.